The van der Waals surface area contributed by atoms with E-state index in [1.807, 2.05) is 0 Å². The number of piperidine rings is 2. The van der Waals surface area contributed by atoms with Crippen LogP contribution in [-0.2, 0) is 10.0 Å². The third-order valence-corrected chi connectivity index (χ3v) is 7.72. The zero-order chi connectivity index (χ0) is 19.6. The lowest BCUT2D eigenvalue weighted by Crippen LogP contribution is -2.54. The van der Waals surface area contributed by atoms with Crippen LogP contribution < -0.4 is 5.32 Å². The number of amides is 2. The minimum Gasteiger partial charge on any atom is -0.393 e. The molecule has 1 unspecified atom stereocenters. The van der Waals surface area contributed by atoms with Crippen LogP contribution in [0.3, 0.4) is 0 Å². The highest BCUT2D eigenvalue weighted by Gasteiger charge is 2.33. The maximum atomic E-state index is 13.0. The van der Waals surface area contributed by atoms with E-state index >= 15 is 0 Å². The van der Waals surface area contributed by atoms with Gasteiger partial charge in [-0.25, -0.2) is 13.2 Å². The summed E-state index contributed by atoms with van der Waals surface area (Å²) in [5.41, 5.74) is 0.539. The van der Waals surface area contributed by atoms with E-state index < -0.39 is 10.0 Å². The highest BCUT2D eigenvalue weighted by molar-refractivity contribution is 7.89. The number of aliphatic hydroxyl groups is 1. The summed E-state index contributed by atoms with van der Waals surface area (Å²) in [4.78, 5) is 14.3. The van der Waals surface area contributed by atoms with Gasteiger partial charge in [-0.2, -0.15) is 4.31 Å². The lowest BCUT2D eigenvalue weighted by molar-refractivity contribution is 0.0920. The smallest absolute Gasteiger partial charge is 0.317 e. The monoisotopic (exact) mass is 415 g/mol. The number of urea groups is 1. The van der Waals surface area contributed by atoms with Crippen molar-refractivity contribution in [1.29, 1.82) is 0 Å². The maximum Gasteiger partial charge on any atom is 0.317 e. The van der Waals surface area contributed by atoms with Gasteiger partial charge >= 0.3 is 6.03 Å². The summed E-state index contributed by atoms with van der Waals surface area (Å²) in [6.07, 6.45) is 2.23. The molecule has 2 N–H and O–H groups in total. The van der Waals surface area contributed by atoms with Gasteiger partial charge in [0.15, 0.2) is 0 Å². The maximum absolute atomic E-state index is 13.0. The normalized spacial score (nSPS) is 22.6. The minimum absolute atomic E-state index is 0.190. The van der Waals surface area contributed by atoms with Crippen LogP contribution in [0.2, 0.25) is 5.02 Å². The molecule has 2 aliphatic heterocycles. The first kappa shape index (κ1) is 20.4. The van der Waals surface area contributed by atoms with Crippen molar-refractivity contribution in [2.24, 2.45) is 0 Å². The van der Waals surface area contributed by atoms with Crippen LogP contribution in [0.4, 0.5) is 4.79 Å². The Kier molecular flexibility index (Phi) is 6.30. The molecule has 0 aromatic heterocycles. The first-order valence-corrected chi connectivity index (χ1v) is 11.1. The molecule has 0 aliphatic carbocycles. The second kappa shape index (κ2) is 8.34. The molecule has 0 spiro atoms. The van der Waals surface area contributed by atoms with Gasteiger partial charge in [0.1, 0.15) is 0 Å². The summed E-state index contributed by atoms with van der Waals surface area (Å²) in [6.45, 7) is 3.41. The lowest BCUT2D eigenvalue weighted by atomic mass is 10.1. The predicted molar refractivity (Wildman–Crippen MR) is 103 cm³/mol. The third-order valence-electron chi connectivity index (χ3n) is 5.30. The molecule has 3 rings (SSSR count). The number of benzene rings is 1. The molecule has 1 aromatic carbocycles. The van der Waals surface area contributed by atoms with Crippen molar-refractivity contribution in [1.82, 2.24) is 14.5 Å². The summed E-state index contributed by atoms with van der Waals surface area (Å²) in [5, 5.41) is 12.9. The Labute approximate surface area is 165 Å². The second-order valence-corrected chi connectivity index (χ2v) is 9.55. The molecule has 9 heteroatoms. The summed E-state index contributed by atoms with van der Waals surface area (Å²) >= 11 is 6.09. The van der Waals surface area contributed by atoms with Gasteiger partial charge in [-0.15, -0.1) is 0 Å². The number of carbonyl (C=O) groups is 1. The summed E-state index contributed by atoms with van der Waals surface area (Å²) in [5.74, 6) is 0. The van der Waals surface area contributed by atoms with Crippen molar-refractivity contribution in [2.75, 3.05) is 26.2 Å². The average Bonchev–Trinajstić information content (AvgIpc) is 2.64. The summed E-state index contributed by atoms with van der Waals surface area (Å²) in [6, 6.07) is 4.45. The van der Waals surface area contributed by atoms with Gasteiger partial charge in [0, 0.05) is 37.2 Å². The number of rotatable bonds is 3. The Bertz CT molecular complexity index is 794. The SMILES string of the molecule is Cc1c(Cl)cccc1S(=O)(=O)N1CCCC(NC(=O)N2CCC(O)CC2)C1. The topological polar surface area (TPSA) is 90.0 Å². The first-order chi connectivity index (χ1) is 12.8. The van der Waals surface area contributed by atoms with Crippen LogP contribution in [0.1, 0.15) is 31.2 Å². The molecule has 2 fully saturated rings. The highest BCUT2D eigenvalue weighted by Crippen LogP contribution is 2.27. The molecule has 0 bridgehead atoms. The Morgan fingerprint density at radius 1 is 1.22 bits per heavy atom. The number of carbonyl (C=O) groups excluding carboxylic acids is 1. The van der Waals surface area contributed by atoms with Gasteiger partial charge in [-0.1, -0.05) is 17.7 Å². The van der Waals surface area contributed by atoms with E-state index in [1.54, 1.807) is 30.0 Å². The van der Waals surface area contributed by atoms with Crippen LogP contribution in [0.25, 0.3) is 0 Å². The first-order valence-electron chi connectivity index (χ1n) is 9.28. The second-order valence-electron chi connectivity index (χ2n) is 7.23. The number of likely N-dealkylation sites (tertiary alicyclic amines) is 1. The standard InChI is InChI=1S/C18H26ClN3O4S/c1-13-16(19)5-2-6-17(13)27(25,26)22-9-3-4-14(12-22)20-18(24)21-10-7-15(23)8-11-21/h2,5-6,14-15,23H,3-4,7-12H2,1H3,(H,20,24). The molecule has 27 heavy (non-hydrogen) atoms. The molecular formula is C18H26ClN3O4S. The number of sulfonamides is 1. The van der Waals surface area contributed by atoms with E-state index in [-0.39, 0.29) is 29.6 Å². The summed E-state index contributed by atoms with van der Waals surface area (Å²) < 4.78 is 27.5. The molecule has 2 saturated heterocycles. The fourth-order valence-corrected chi connectivity index (χ4v) is 5.62. The van der Waals surface area contributed by atoms with Gasteiger partial charge in [-0.3, -0.25) is 0 Å². The molecule has 2 heterocycles. The highest BCUT2D eigenvalue weighted by atomic mass is 35.5. The molecular weight excluding hydrogens is 390 g/mol. The van der Waals surface area contributed by atoms with E-state index in [0.29, 0.717) is 49.5 Å². The van der Waals surface area contributed by atoms with E-state index in [1.165, 1.54) is 4.31 Å². The fourth-order valence-electron chi connectivity index (χ4n) is 3.62. The van der Waals surface area contributed by atoms with Gasteiger partial charge in [0.25, 0.3) is 0 Å². The van der Waals surface area contributed by atoms with Gasteiger partial charge in [0.05, 0.1) is 11.0 Å². The third kappa shape index (κ3) is 4.56. The fraction of sp³-hybridized carbons (Fsp3) is 0.611. The van der Waals surface area contributed by atoms with Crippen molar-refractivity contribution in [3.05, 3.63) is 28.8 Å². The molecule has 2 amide bonds. The molecule has 2 aliphatic rings. The van der Waals surface area contributed by atoms with Crippen molar-refractivity contribution in [3.8, 4) is 0 Å². The quantitative estimate of drug-likeness (QED) is 0.789. The Morgan fingerprint density at radius 2 is 1.93 bits per heavy atom. The Hall–Kier alpha value is -1.35. The van der Waals surface area contributed by atoms with Crippen LogP contribution in [0.5, 0.6) is 0 Å². The number of aliphatic hydroxyl groups excluding tert-OH is 1. The van der Waals surface area contributed by atoms with Crippen LogP contribution in [-0.4, -0.2) is 67.1 Å². The van der Waals surface area contributed by atoms with Crippen molar-refractivity contribution >= 4 is 27.7 Å². The average molecular weight is 416 g/mol. The number of halogens is 1. The lowest BCUT2D eigenvalue weighted by Gasteiger charge is -2.35. The van der Waals surface area contributed by atoms with E-state index in [2.05, 4.69) is 5.32 Å². The summed E-state index contributed by atoms with van der Waals surface area (Å²) in [7, 11) is -3.67. The van der Waals surface area contributed by atoms with E-state index in [0.717, 1.165) is 6.42 Å². The minimum atomic E-state index is -3.67. The van der Waals surface area contributed by atoms with Crippen molar-refractivity contribution in [3.63, 3.8) is 0 Å². The van der Waals surface area contributed by atoms with Gasteiger partial charge in [0.2, 0.25) is 10.0 Å². The molecule has 0 saturated carbocycles. The Morgan fingerprint density at radius 3 is 2.63 bits per heavy atom. The zero-order valence-corrected chi connectivity index (χ0v) is 17.0. The van der Waals surface area contributed by atoms with Crippen LogP contribution in [0.15, 0.2) is 23.1 Å². The van der Waals surface area contributed by atoms with E-state index in [9.17, 15) is 18.3 Å². The van der Waals surface area contributed by atoms with Gasteiger partial charge in [-0.05, 0) is 50.3 Å². The number of nitrogens with zero attached hydrogens (tertiary/aromatic N) is 2. The number of hydrogen-bond acceptors (Lipinski definition) is 4. The van der Waals surface area contributed by atoms with Crippen molar-refractivity contribution < 1.29 is 18.3 Å². The molecule has 7 nitrogen and oxygen atoms in total. The molecule has 0 radical (unpaired) electrons. The zero-order valence-electron chi connectivity index (χ0n) is 15.4. The molecule has 150 valence electrons. The van der Waals surface area contributed by atoms with Crippen molar-refractivity contribution in [2.45, 2.75) is 49.6 Å². The Balaban J connectivity index is 1.67. The predicted octanol–water partition coefficient (Wildman–Crippen LogP) is 1.97. The van der Waals surface area contributed by atoms with Crippen LogP contribution in [0, 0.1) is 6.92 Å². The van der Waals surface area contributed by atoms with E-state index in [4.69, 9.17) is 11.6 Å². The van der Waals surface area contributed by atoms with Gasteiger partial charge < -0.3 is 15.3 Å². The number of nitrogens with one attached hydrogen (secondary N) is 1. The number of hydrogen-bond donors (Lipinski definition) is 2. The molecule has 1 atom stereocenters. The largest absolute Gasteiger partial charge is 0.393 e. The molecule has 1 aromatic rings. The van der Waals surface area contributed by atoms with Crippen LogP contribution >= 0.6 is 11.6 Å².